The van der Waals surface area contributed by atoms with E-state index in [1.165, 1.54) is 0 Å². The van der Waals surface area contributed by atoms with Crippen molar-refractivity contribution in [1.82, 2.24) is 14.5 Å². The minimum Gasteiger partial charge on any atom is -0.497 e. The first kappa shape index (κ1) is 15.8. The van der Waals surface area contributed by atoms with Crippen LogP contribution in [-0.4, -0.2) is 54.0 Å². The second-order valence-corrected chi connectivity index (χ2v) is 5.68. The zero-order valence-electron chi connectivity index (χ0n) is 13.6. The molecule has 0 spiro atoms. The van der Waals surface area contributed by atoms with Gasteiger partial charge in [0.1, 0.15) is 23.4 Å². The van der Waals surface area contributed by atoms with Crippen molar-refractivity contribution in [2.75, 3.05) is 33.4 Å². The number of imidazole rings is 1. The summed E-state index contributed by atoms with van der Waals surface area (Å²) in [6.07, 6.45) is 3.80. The number of methoxy groups -OCH3 is 1. The fraction of sp³-hybridized carbons (Fsp3) is 0.471. The van der Waals surface area contributed by atoms with E-state index in [1.54, 1.807) is 7.11 Å². The summed E-state index contributed by atoms with van der Waals surface area (Å²) in [6, 6.07) is 7.65. The number of nitrogens with zero attached hydrogens (tertiary/aromatic N) is 3. The lowest BCUT2D eigenvalue weighted by atomic mass is 10.3. The van der Waals surface area contributed by atoms with Crippen molar-refractivity contribution in [3.05, 3.63) is 42.5 Å². The molecule has 1 saturated heterocycles. The van der Waals surface area contributed by atoms with E-state index in [0.29, 0.717) is 13.2 Å². The summed E-state index contributed by atoms with van der Waals surface area (Å²) in [5.41, 5.74) is 0. The fourth-order valence-corrected chi connectivity index (χ4v) is 2.65. The van der Waals surface area contributed by atoms with Crippen LogP contribution < -0.4 is 9.47 Å². The highest BCUT2D eigenvalue weighted by Crippen LogP contribution is 2.19. The molecule has 1 atom stereocenters. The Kier molecular flexibility index (Phi) is 5.15. The molecule has 2 aromatic rings. The number of hydrogen-bond acceptors (Lipinski definition) is 5. The molecule has 124 valence electrons. The molecule has 0 radical (unpaired) electrons. The Bertz CT molecular complexity index is 612. The standard InChI is InChI=1S/C17H23N3O3/c1-19-8-7-18-17(19)12-20-9-10-22-13-16(11-20)23-15-5-3-14(21-2)4-6-15/h3-8,16H,9-13H2,1-2H3. The van der Waals surface area contributed by atoms with Crippen LogP contribution in [0.3, 0.4) is 0 Å². The predicted molar refractivity (Wildman–Crippen MR) is 86.7 cm³/mol. The van der Waals surface area contributed by atoms with Gasteiger partial charge >= 0.3 is 0 Å². The van der Waals surface area contributed by atoms with E-state index in [9.17, 15) is 0 Å². The molecule has 0 amide bonds. The van der Waals surface area contributed by atoms with Crippen molar-refractivity contribution >= 4 is 0 Å². The van der Waals surface area contributed by atoms with Gasteiger partial charge in [0.25, 0.3) is 0 Å². The molecular weight excluding hydrogens is 294 g/mol. The van der Waals surface area contributed by atoms with E-state index in [-0.39, 0.29) is 6.10 Å². The first-order valence-electron chi connectivity index (χ1n) is 7.81. The summed E-state index contributed by atoms with van der Waals surface area (Å²) in [5.74, 6) is 2.71. The zero-order valence-corrected chi connectivity index (χ0v) is 13.6. The van der Waals surface area contributed by atoms with Crippen molar-refractivity contribution in [2.24, 2.45) is 7.05 Å². The lowest BCUT2D eigenvalue weighted by molar-refractivity contribution is 0.0709. The highest BCUT2D eigenvalue weighted by Gasteiger charge is 2.21. The summed E-state index contributed by atoms with van der Waals surface area (Å²) >= 11 is 0. The third kappa shape index (κ3) is 4.24. The predicted octanol–water partition coefficient (Wildman–Crippen LogP) is 1.71. The van der Waals surface area contributed by atoms with Gasteiger partial charge in [-0.15, -0.1) is 0 Å². The molecule has 1 aliphatic heterocycles. The van der Waals surface area contributed by atoms with Crippen molar-refractivity contribution < 1.29 is 14.2 Å². The van der Waals surface area contributed by atoms with Gasteiger partial charge in [-0.05, 0) is 24.3 Å². The van der Waals surface area contributed by atoms with Gasteiger partial charge < -0.3 is 18.8 Å². The largest absolute Gasteiger partial charge is 0.497 e. The minimum absolute atomic E-state index is 0.00571. The molecule has 1 fully saturated rings. The van der Waals surface area contributed by atoms with E-state index in [2.05, 4.69) is 9.88 Å². The Balaban J connectivity index is 1.61. The summed E-state index contributed by atoms with van der Waals surface area (Å²) in [6.45, 7) is 3.82. The van der Waals surface area contributed by atoms with E-state index in [1.807, 2.05) is 48.3 Å². The van der Waals surface area contributed by atoms with Gasteiger partial charge in [0, 0.05) is 32.5 Å². The van der Waals surface area contributed by atoms with Gasteiger partial charge in [0.15, 0.2) is 0 Å². The van der Waals surface area contributed by atoms with Crippen LogP contribution in [0.15, 0.2) is 36.7 Å². The Hall–Kier alpha value is -2.05. The molecule has 3 rings (SSSR count). The van der Waals surface area contributed by atoms with Crippen molar-refractivity contribution in [1.29, 1.82) is 0 Å². The maximum Gasteiger partial charge on any atom is 0.135 e. The van der Waals surface area contributed by atoms with Gasteiger partial charge in [0.05, 0.1) is 26.9 Å². The Morgan fingerprint density at radius 2 is 2.04 bits per heavy atom. The summed E-state index contributed by atoms with van der Waals surface area (Å²) in [4.78, 5) is 6.72. The van der Waals surface area contributed by atoms with Crippen LogP contribution in [0.4, 0.5) is 0 Å². The minimum atomic E-state index is 0.00571. The topological polar surface area (TPSA) is 48.8 Å². The van der Waals surface area contributed by atoms with Crippen LogP contribution in [0.1, 0.15) is 5.82 Å². The Morgan fingerprint density at radius 3 is 2.74 bits per heavy atom. The maximum atomic E-state index is 6.07. The van der Waals surface area contributed by atoms with E-state index in [0.717, 1.165) is 37.0 Å². The van der Waals surface area contributed by atoms with Crippen LogP contribution in [-0.2, 0) is 18.3 Å². The molecule has 1 unspecified atom stereocenters. The molecule has 0 saturated carbocycles. The summed E-state index contributed by atoms with van der Waals surface area (Å²) < 4.78 is 19.0. The van der Waals surface area contributed by atoms with Gasteiger partial charge in [0.2, 0.25) is 0 Å². The second kappa shape index (κ2) is 7.48. The lowest BCUT2D eigenvalue weighted by Crippen LogP contribution is -2.36. The SMILES string of the molecule is COc1ccc(OC2COCCN(Cc3nccn3C)C2)cc1. The first-order valence-corrected chi connectivity index (χ1v) is 7.81. The molecule has 0 bridgehead atoms. The third-order valence-corrected chi connectivity index (χ3v) is 3.97. The van der Waals surface area contributed by atoms with Gasteiger partial charge in [-0.3, -0.25) is 4.90 Å². The molecule has 23 heavy (non-hydrogen) atoms. The maximum absolute atomic E-state index is 6.07. The van der Waals surface area contributed by atoms with Crippen LogP contribution in [0.2, 0.25) is 0 Å². The fourth-order valence-electron chi connectivity index (χ4n) is 2.65. The number of aryl methyl sites for hydroxylation is 1. The number of hydrogen-bond donors (Lipinski definition) is 0. The monoisotopic (exact) mass is 317 g/mol. The van der Waals surface area contributed by atoms with E-state index >= 15 is 0 Å². The highest BCUT2D eigenvalue weighted by atomic mass is 16.5. The number of benzene rings is 1. The normalized spacial score (nSPS) is 19.3. The Morgan fingerprint density at radius 1 is 1.26 bits per heavy atom. The average Bonchev–Trinajstić information content (AvgIpc) is 2.83. The van der Waals surface area contributed by atoms with Crippen molar-refractivity contribution in [3.63, 3.8) is 0 Å². The van der Waals surface area contributed by atoms with E-state index < -0.39 is 0 Å². The molecular formula is C17H23N3O3. The van der Waals surface area contributed by atoms with Crippen molar-refractivity contribution in [3.8, 4) is 11.5 Å². The van der Waals surface area contributed by atoms with E-state index in [4.69, 9.17) is 14.2 Å². The smallest absolute Gasteiger partial charge is 0.135 e. The Labute approximate surface area is 136 Å². The molecule has 2 heterocycles. The molecule has 0 aliphatic carbocycles. The quantitative estimate of drug-likeness (QED) is 0.840. The zero-order chi connectivity index (χ0) is 16.1. The van der Waals surface area contributed by atoms with Gasteiger partial charge in [-0.1, -0.05) is 0 Å². The summed E-state index contributed by atoms with van der Waals surface area (Å²) in [7, 11) is 3.67. The van der Waals surface area contributed by atoms with Crippen LogP contribution in [0.5, 0.6) is 11.5 Å². The van der Waals surface area contributed by atoms with Gasteiger partial charge in [-0.25, -0.2) is 4.98 Å². The molecule has 6 nitrogen and oxygen atoms in total. The highest BCUT2D eigenvalue weighted by molar-refractivity contribution is 5.31. The molecule has 1 aliphatic rings. The average molecular weight is 317 g/mol. The molecule has 1 aromatic heterocycles. The van der Waals surface area contributed by atoms with Crippen LogP contribution in [0.25, 0.3) is 0 Å². The first-order chi connectivity index (χ1) is 11.2. The summed E-state index contributed by atoms with van der Waals surface area (Å²) in [5, 5.41) is 0. The van der Waals surface area contributed by atoms with Gasteiger partial charge in [-0.2, -0.15) is 0 Å². The number of aromatic nitrogens is 2. The van der Waals surface area contributed by atoms with Crippen molar-refractivity contribution in [2.45, 2.75) is 12.6 Å². The number of rotatable bonds is 5. The third-order valence-electron chi connectivity index (χ3n) is 3.97. The van der Waals surface area contributed by atoms with Crippen LogP contribution >= 0.6 is 0 Å². The second-order valence-electron chi connectivity index (χ2n) is 5.68. The van der Waals surface area contributed by atoms with Crippen LogP contribution in [0, 0.1) is 0 Å². The molecule has 6 heteroatoms. The molecule has 1 aromatic carbocycles. The molecule has 0 N–H and O–H groups in total. The number of ether oxygens (including phenoxy) is 3. The lowest BCUT2D eigenvalue weighted by Gasteiger charge is -2.23.